The first-order valence-corrected chi connectivity index (χ1v) is 7.97. The van der Waals surface area contributed by atoms with Gasteiger partial charge in [0.25, 0.3) is 0 Å². The number of aromatic nitrogens is 2. The third-order valence-corrected chi connectivity index (χ3v) is 4.69. The van der Waals surface area contributed by atoms with Crippen molar-refractivity contribution in [3.05, 3.63) is 18.2 Å². The van der Waals surface area contributed by atoms with Crippen molar-refractivity contribution >= 4 is 0 Å². The zero-order chi connectivity index (χ0) is 14.7. The highest BCUT2D eigenvalue weighted by atomic mass is 15.2. The highest BCUT2D eigenvalue weighted by Crippen LogP contribution is 2.26. The lowest BCUT2D eigenvalue weighted by molar-refractivity contribution is 0.260. The standard InChI is InChI=1S/C16H30N4/c1-12(2)15(7-17)16-8-18-11-20(16)10-14-5-6-19(9-14)13(3)4/h8,11-15H,5-7,9-10,17H2,1-4H3. The average Bonchev–Trinajstić information content (AvgIpc) is 3.00. The minimum absolute atomic E-state index is 0.417. The van der Waals surface area contributed by atoms with Crippen LogP contribution in [-0.2, 0) is 6.54 Å². The van der Waals surface area contributed by atoms with Crippen molar-refractivity contribution in [3.8, 4) is 0 Å². The van der Waals surface area contributed by atoms with E-state index in [1.165, 1.54) is 25.2 Å². The van der Waals surface area contributed by atoms with E-state index in [0.29, 0.717) is 24.4 Å². The van der Waals surface area contributed by atoms with E-state index >= 15 is 0 Å². The monoisotopic (exact) mass is 278 g/mol. The molecule has 0 radical (unpaired) electrons. The van der Waals surface area contributed by atoms with E-state index in [2.05, 4.69) is 42.1 Å². The number of hydrogen-bond acceptors (Lipinski definition) is 3. The first-order valence-electron chi connectivity index (χ1n) is 7.97. The summed E-state index contributed by atoms with van der Waals surface area (Å²) in [6, 6.07) is 0.662. The Morgan fingerprint density at radius 3 is 2.65 bits per heavy atom. The van der Waals surface area contributed by atoms with E-state index < -0.39 is 0 Å². The zero-order valence-corrected chi connectivity index (χ0v) is 13.4. The maximum absolute atomic E-state index is 5.95. The molecule has 0 aliphatic carbocycles. The molecule has 2 unspecified atom stereocenters. The Morgan fingerprint density at radius 2 is 2.10 bits per heavy atom. The summed E-state index contributed by atoms with van der Waals surface area (Å²) in [6.45, 7) is 13.3. The van der Waals surface area contributed by atoms with Gasteiger partial charge >= 0.3 is 0 Å². The molecule has 114 valence electrons. The predicted octanol–water partition coefficient (Wildman–Crippen LogP) is 2.31. The maximum Gasteiger partial charge on any atom is 0.0948 e. The maximum atomic E-state index is 5.95. The van der Waals surface area contributed by atoms with Gasteiger partial charge in [-0.1, -0.05) is 13.8 Å². The minimum Gasteiger partial charge on any atom is -0.334 e. The average molecular weight is 278 g/mol. The Morgan fingerprint density at radius 1 is 1.35 bits per heavy atom. The van der Waals surface area contributed by atoms with Gasteiger partial charge in [-0.3, -0.25) is 0 Å². The van der Waals surface area contributed by atoms with E-state index in [-0.39, 0.29) is 0 Å². The smallest absolute Gasteiger partial charge is 0.0948 e. The lowest BCUT2D eigenvalue weighted by Gasteiger charge is -2.23. The Labute approximate surface area is 123 Å². The Hall–Kier alpha value is -0.870. The number of nitrogens with zero attached hydrogens (tertiary/aromatic N) is 3. The molecule has 2 heterocycles. The fourth-order valence-electron chi connectivity index (χ4n) is 3.29. The normalized spacial score (nSPS) is 22.1. The second-order valence-electron chi connectivity index (χ2n) is 6.80. The van der Waals surface area contributed by atoms with Gasteiger partial charge < -0.3 is 15.2 Å². The molecule has 4 nitrogen and oxygen atoms in total. The molecule has 1 fully saturated rings. The van der Waals surface area contributed by atoms with Crippen LogP contribution in [0.15, 0.2) is 12.5 Å². The molecule has 2 rings (SSSR count). The Kier molecular flexibility index (Phi) is 5.22. The Bertz CT molecular complexity index is 410. The molecule has 0 aromatic carbocycles. The van der Waals surface area contributed by atoms with Crippen LogP contribution in [0.25, 0.3) is 0 Å². The van der Waals surface area contributed by atoms with E-state index in [9.17, 15) is 0 Å². The number of hydrogen-bond donors (Lipinski definition) is 1. The van der Waals surface area contributed by atoms with Crippen molar-refractivity contribution in [2.24, 2.45) is 17.6 Å². The van der Waals surface area contributed by atoms with Crippen LogP contribution in [0.5, 0.6) is 0 Å². The molecule has 2 atom stereocenters. The molecule has 0 bridgehead atoms. The van der Waals surface area contributed by atoms with E-state index in [0.717, 1.165) is 12.5 Å². The summed E-state index contributed by atoms with van der Waals surface area (Å²) in [4.78, 5) is 6.94. The zero-order valence-electron chi connectivity index (χ0n) is 13.4. The number of likely N-dealkylation sites (tertiary alicyclic amines) is 1. The molecule has 1 aliphatic heterocycles. The molecule has 0 amide bonds. The van der Waals surface area contributed by atoms with Crippen LogP contribution < -0.4 is 5.73 Å². The summed E-state index contributed by atoms with van der Waals surface area (Å²) < 4.78 is 2.34. The van der Waals surface area contributed by atoms with Gasteiger partial charge in [0.1, 0.15) is 0 Å². The van der Waals surface area contributed by atoms with Crippen LogP contribution in [0.4, 0.5) is 0 Å². The van der Waals surface area contributed by atoms with E-state index in [4.69, 9.17) is 5.73 Å². The quantitative estimate of drug-likeness (QED) is 0.868. The van der Waals surface area contributed by atoms with Crippen molar-refractivity contribution in [1.29, 1.82) is 0 Å². The summed E-state index contributed by atoms with van der Waals surface area (Å²) in [6.07, 6.45) is 5.29. The van der Waals surface area contributed by atoms with Crippen LogP contribution in [0.3, 0.4) is 0 Å². The van der Waals surface area contributed by atoms with Crippen LogP contribution in [-0.4, -0.2) is 40.1 Å². The first-order chi connectivity index (χ1) is 9.52. The molecule has 0 spiro atoms. The van der Waals surface area contributed by atoms with Gasteiger partial charge in [0.2, 0.25) is 0 Å². The number of rotatable bonds is 6. The number of nitrogens with two attached hydrogens (primary N) is 1. The predicted molar refractivity (Wildman–Crippen MR) is 83.7 cm³/mol. The molecular formula is C16H30N4. The summed E-state index contributed by atoms with van der Waals surface area (Å²) in [5, 5.41) is 0. The summed E-state index contributed by atoms with van der Waals surface area (Å²) >= 11 is 0. The van der Waals surface area contributed by atoms with Gasteiger partial charge in [-0.15, -0.1) is 0 Å². The van der Waals surface area contributed by atoms with Crippen molar-refractivity contribution in [2.75, 3.05) is 19.6 Å². The highest BCUT2D eigenvalue weighted by Gasteiger charge is 2.26. The van der Waals surface area contributed by atoms with Crippen molar-refractivity contribution in [1.82, 2.24) is 14.5 Å². The van der Waals surface area contributed by atoms with Gasteiger partial charge in [0.15, 0.2) is 0 Å². The SMILES string of the molecule is CC(C)C(CN)c1cncn1CC1CCN(C(C)C)C1. The Balaban J connectivity index is 2.02. The molecule has 1 saturated heterocycles. The minimum atomic E-state index is 0.417. The highest BCUT2D eigenvalue weighted by molar-refractivity contribution is 5.08. The lowest BCUT2D eigenvalue weighted by Crippen LogP contribution is -2.29. The largest absolute Gasteiger partial charge is 0.334 e. The van der Waals surface area contributed by atoms with Gasteiger partial charge in [0, 0.05) is 43.5 Å². The fourth-order valence-corrected chi connectivity index (χ4v) is 3.29. The third kappa shape index (κ3) is 3.41. The molecule has 2 N–H and O–H groups in total. The molecule has 4 heteroatoms. The summed E-state index contributed by atoms with van der Waals surface area (Å²) in [5.41, 5.74) is 7.27. The summed E-state index contributed by atoms with van der Waals surface area (Å²) in [7, 11) is 0. The van der Waals surface area contributed by atoms with Gasteiger partial charge in [-0.2, -0.15) is 0 Å². The molecule has 1 aromatic rings. The first kappa shape index (κ1) is 15.5. The second-order valence-corrected chi connectivity index (χ2v) is 6.80. The molecule has 0 saturated carbocycles. The molecule has 1 aliphatic rings. The van der Waals surface area contributed by atoms with Crippen LogP contribution in [0.2, 0.25) is 0 Å². The topological polar surface area (TPSA) is 47.1 Å². The third-order valence-electron chi connectivity index (χ3n) is 4.69. The number of imidazole rings is 1. The van der Waals surface area contributed by atoms with Crippen LogP contribution in [0.1, 0.15) is 45.7 Å². The second kappa shape index (κ2) is 6.72. The van der Waals surface area contributed by atoms with Crippen molar-refractivity contribution < 1.29 is 0 Å². The van der Waals surface area contributed by atoms with Crippen molar-refractivity contribution in [2.45, 2.75) is 52.6 Å². The molecule has 20 heavy (non-hydrogen) atoms. The van der Waals surface area contributed by atoms with Crippen LogP contribution >= 0.6 is 0 Å². The lowest BCUT2D eigenvalue weighted by atomic mass is 9.92. The van der Waals surface area contributed by atoms with Gasteiger partial charge in [-0.25, -0.2) is 4.98 Å². The van der Waals surface area contributed by atoms with Gasteiger partial charge in [0.05, 0.1) is 6.33 Å². The molecular weight excluding hydrogens is 248 g/mol. The summed E-state index contributed by atoms with van der Waals surface area (Å²) in [5.74, 6) is 1.72. The van der Waals surface area contributed by atoms with E-state index in [1.807, 2.05) is 12.5 Å². The van der Waals surface area contributed by atoms with Crippen LogP contribution in [0, 0.1) is 11.8 Å². The van der Waals surface area contributed by atoms with Crippen molar-refractivity contribution in [3.63, 3.8) is 0 Å². The van der Waals surface area contributed by atoms with Gasteiger partial charge in [-0.05, 0) is 38.6 Å². The van der Waals surface area contributed by atoms with E-state index in [1.54, 1.807) is 0 Å². The fraction of sp³-hybridized carbons (Fsp3) is 0.812. The molecule has 1 aromatic heterocycles.